The van der Waals surface area contributed by atoms with Crippen LogP contribution in [0.3, 0.4) is 0 Å². The van der Waals surface area contributed by atoms with Gasteiger partial charge in [0.2, 0.25) is 0 Å². The van der Waals surface area contributed by atoms with Gasteiger partial charge in [-0.2, -0.15) is 0 Å². The van der Waals surface area contributed by atoms with Crippen molar-refractivity contribution >= 4 is 0 Å². The first kappa shape index (κ1) is 10.5. The highest BCUT2D eigenvalue weighted by Gasteiger charge is 1.96. The molecular weight excluding hydrogens is 172 g/mol. The summed E-state index contributed by atoms with van der Waals surface area (Å²) in [4.78, 5) is 5.99. The fraction of sp³-hybridized carbons (Fsp3) is 0.250. The number of hydrogen-bond donors (Lipinski definition) is 0. The van der Waals surface area contributed by atoms with Crippen LogP contribution in [0.5, 0.6) is 0 Å². The highest BCUT2D eigenvalue weighted by molar-refractivity contribution is 5.14. The molecule has 0 amide bonds. The van der Waals surface area contributed by atoms with Gasteiger partial charge in [-0.3, -0.25) is 4.98 Å². The van der Waals surface area contributed by atoms with Crippen LogP contribution >= 0.6 is 0 Å². The maximum atomic E-state index is 3.78. The molecule has 1 aliphatic heterocycles. The molecule has 0 fully saturated rings. The van der Waals surface area contributed by atoms with E-state index in [2.05, 4.69) is 42.1 Å². The Bertz CT molecular complexity index is 275. The van der Waals surface area contributed by atoms with Crippen molar-refractivity contribution in [1.82, 2.24) is 9.88 Å². The van der Waals surface area contributed by atoms with Crippen LogP contribution in [0.1, 0.15) is 6.92 Å². The fourth-order valence-corrected chi connectivity index (χ4v) is 1.01. The van der Waals surface area contributed by atoms with Crippen molar-refractivity contribution < 1.29 is 0 Å². The van der Waals surface area contributed by atoms with Gasteiger partial charge in [0.15, 0.2) is 0 Å². The Labute approximate surface area is 85.6 Å². The van der Waals surface area contributed by atoms with E-state index >= 15 is 0 Å². The number of nitrogens with zero attached hydrogens (tertiary/aromatic N) is 2. The average molecular weight is 188 g/mol. The molecule has 2 heteroatoms. The van der Waals surface area contributed by atoms with Gasteiger partial charge < -0.3 is 4.90 Å². The minimum Gasteiger partial charge on any atom is -0.374 e. The molecule has 1 aromatic heterocycles. The maximum absolute atomic E-state index is 3.78. The second kappa shape index (κ2) is 5.97. The van der Waals surface area contributed by atoms with E-state index in [1.54, 1.807) is 12.4 Å². The second-order valence-corrected chi connectivity index (χ2v) is 3.14. The molecule has 0 aromatic carbocycles. The number of pyridine rings is 1. The van der Waals surface area contributed by atoms with Crippen LogP contribution in [0.25, 0.3) is 0 Å². The molecule has 0 atom stereocenters. The molecule has 74 valence electrons. The van der Waals surface area contributed by atoms with Gasteiger partial charge in [-0.15, -0.1) is 0 Å². The average Bonchev–Trinajstić information content (AvgIpc) is 2.26. The molecular formula is C12H16N2. The van der Waals surface area contributed by atoms with Crippen molar-refractivity contribution in [3.8, 4) is 0 Å². The summed E-state index contributed by atoms with van der Waals surface area (Å²) in [6, 6.07) is 5.72. The van der Waals surface area contributed by atoms with Gasteiger partial charge in [0.1, 0.15) is 0 Å². The summed E-state index contributed by atoms with van der Waals surface area (Å²) in [7, 11) is 2.09. The van der Waals surface area contributed by atoms with Crippen LogP contribution in [-0.4, -0.2) is 23.5 Å². The highest BCUT2D eigenvalue weighted by Crippen LogP contribution is 2.03. The van der Waals surface area contributed by atoms with Gasteiger partial charge in [-0.25, -0.2) is 0 Å². The smallest absolute Gasteiger partial charge is 0.0356 e. The van der Waals surface area contributed by atoms with E-state index in [-0.39, 0.29) is 0 Å². The van der Waals surface area contributed by atoms with Crippen LogP contribution in [-0.2, 0) is 0 Å². The molecule has 1 aliphatic rings. The number of likely N-dealkylation sites (N-methyl/N-ethyl adjacent to an activating group) is 1. The van der Waals surface area contributed by atoms with E-state index in [9.17, 15) is 0 Å². The van der Waals surface area contributed by atoms with Crippen LogP contribution in [0.15, 0.2) is 54.5 Å². The first-order chi connectivity index (χ1) is 6.80. The highest BCUT2D eigenvalue weighted by atomic mass is 15.1. The molecule has 1 aromatic rings. The van der Waals surface area contributed by atoms with Gasteiger partial charge in [0.25, 0.3) is 0 Å². The summed E-state index contributed by atoms with van der Waals surface area (Å²) < 4.78 is 0. The summed E-state index contributed by atoms with van der Waals surface area (Å²) in [6.07, 6.45) is 9.85. The topological polar surface area (TPSA) is 16.1 Å². The minimum absolute atomic E-state index is 1.06. The lowest BCUT2D eigenvalue weighted by Crippen LogP contribution is -2.17. The van der Waals surface area contributed by atoms with E-state index in [4.69, 9.17) is 0 Å². The molecule has 0 N–H and O–H groups in total. The van der Waals surface area contributed by atoms with Crippen molar-refractivity contribution in [3.05, 3.63) is 54.5 Å². The Morgan fingerprint density at radius 1 is 1.21 bits per heavy atom. The normalized spacial score (nSPS) is 14.1. The third-order valence-corrected chi connectivity index (χ3v) is 2.02. The van der Waals surface area contributed by atoms with Gasteiger partial charge in [-0.1, -0.05) is 18.2 Å². The monoisotopic (exact) mass is 188 g/mol. The quantitative estimate of drug-likeness (QED) is 0.621. The lowest BCUT2D eigenvalue weighted by molar-refractivity contribution is 0.460. The fourth-order valence-electron chi connectivity index (χ4n) is 1.01. The van der Waals surface area contributed by atoms with Gasteiger partial charge >= 0.3 is 0 Å². The third-order valence-electron chi connectivity index (χ3n) is 2.02. The summed E-state index contributed by atoms with van der Waals surface area (Å²) in [6.45, 7) is 3.17. The standard InChI is InChI=1S/C7H11N.C5H5N/c1-7-5-3-4-6-8(7)2;1-2-4-6-5-3-1/h3-5H,6H2,1-2H3;1-5H. The predicted octanol–water partition coefficient (Wildman–Crippen LogP) is 2.47. The third kappa shape index (κ3) is 3.90. The van der Waals surface area contributed by atoms with Gasteiger partial charge in [-0.05, 0) is 25.1 Å². The van der Waals surface area contributed by atoms with Crippen LogP contribution in [0.2, 0.25) is 0 Å². The largest absolute Gasteiger partial charge is 0.374 e. The second-order valence-electron chi connectivity index (χ2n) is 3.14. The molecule has 0 unspecified atom stereocenters. The van der Waals surface area contributed by atoms with E-state index < -0.39 is 0 Å². The van der Waals surface area contributed by atoms with Crippen molar-refractivity contribution in [2.24, 2.45) is 0 Å². The zero-order chi connectivity index (χ0) is 10.2. The van der Waals surface area contributed by atoms with E-state index in [0.717, 1.165) is 6.54 Å². The summed E-state index contributed by atoms with van der Waals surface area (Å²) in [5.41, 5.74) is 1.34. The maximum Gasteiger partial charge on any atom is 0.0356 e. The van der Waals surface area contributed by atoms with Crippen molar-refractivity contribution in [2.45, 2.75) is 6.92 Å². The van der Waals surface area contributed by atoms with E-state index in [1.807, 2.05) is 18.2 Å². The molecule has 0 saturated heterocycles. The SMILES string of the molecule is CC1=CC=CCN1C.c1ccncc1. The minimum atomic E-state index is 1.06. The zero-order valence-corrected chi connectivity index (χ0v) is 8.72. The summed E-state index contributed by atoms with van der Waals surface area (Å²) in [5.74, 6) is 0. The lowest BCUT2D eigenvalue weighted by Gasteiger charge is -2.19. The van der Waals surface area contributed by atoms with Crippen molar-refractivity contribution in [2.75, 3.05) is 13.6 Å². The number of aromatic nitrogens is 1. The van der Waals surface area contributed by atoms with Crippen molar-refractivity contribution in [3.63, 3.8) is 0 Å². The first-order valence-electron chi connectivity index (χ1n) is 4.70. The Kier molecular flexibility index (Phi) is 4.48. The van der Waals surface area contributed by atoms with Crippen LogP contribution in [0, 0.1) is 0 Å². The Morgan fingerprint density at radius 3 is 2.21 bits per heavy atom. The Hall–Kier alpha value is -1.57. The number of hydrogen-bond acceptors (Lipinski definition) is 2. The molecule has 14 heavy (non-hydrogen) atoms. The summed E-state index contributed by atoms with van der Waals surface area (Å²) >= 11 is 0. The summed E-state index contributed by atoms with van der Waals surface area (Å²) in [5, 5.41) is 0. The lowest BCUT2D eigenvalue weighted by atomic mass is 10.3. The molecule has 0 aliphatic carbocycles. The molecule has 2 nitrogen and oxygen atoms in total. The van der Waals surface area contributed by atoms with Crippen LogP contribution in [0.4, 0.5) is 0 Å². The zero-order valence-electron chi connectivity index (χ0n) is 8.72. The molecule has 0 bridgehead atoms. The number of rotatable bonds is 0. The van der Waals surface area contributed by atoms with E-state index in [0.29, 0.717) is 0 Å². The Balaban J connectivity index is 0.000000146. The van der Waals surface area contributed by atoms with Crippen LogP contribution < -0.4 is 0 Å². The predicted molar refractivity (Wildman–Crippen MR) is 59.8 cm³/mol. The van der Waals surface area contributed by atoms with E-state index in [1.165, 1.54) is 5.70 Å². The Morgan fingerprint density at radius 2 is 1.93 bits per heavy atom. The number of allylic oxidation sites excluding steroid dienone is 3. The van der Waals surface area contributed by atoms with Gasteiger partial charge in [0.05, 0.1) is 0 Å². The first-order valence-corrected chi connectivity index (χ1v) is 4.70. The molecule has 0 radical (unpaired) electrons. The van der Waals surface area contributed by atoms with Gasteiger partial charge in [0, 0.05) is 31.7 Å². The molecule has 0 saturated carbocycles. The van der Waals surface area contributed by atoms with Crippen molar-refractivity contribution in [1.29, 1.82) is 0 Å². The molecule has 0 spiro atoms. The molecule has 2 rings (SSSR count). The molecule has 2 heterocycles.